The molecular formula is C11H10Cl4O2. The van der Waals surface area contributed by atoms with Gasteiger partial charge >= 0.3 is 5.97 Å². The summed E-state index contributed by atoms with van der Waals surface area (Å²) >= 11 is 23.3. The monoisotopic (exact) mass is 314 g/mol. The van der Waals surface area contributed by atoms with Crippen LogP contribution in [0.3, 0.4) is 0 Å². The lowest BCUT2D eigenvalue weighted by atomic mass is 10.2. The van der Waals surface area contributed by atoms with Crippen LogP contribution in [0.5, 0.6) is 0 Å². The first-order valence-electron chi connectivity index (χ1n) is 4.83. The van der Waals surface area contributed by atoms with E-state index in [4.69, 9.17) is 51.1 Å². The van der Waals surface area contributed by atoms with Gasteiger partial charge in [0.25, 0.3) is 0 Å². The van der Waals surface area contributed by atoms with Crippen molar-refractivity contribution in [1.82, 2.24) is 0 Å². The van der Waals surface area contributed by atoms with Crippen molar-refractivity contribution in [2.75, 3.05) is 0 Å². The van der Waals surface area contributed by atoms with Gasteiger partial charge in [0.1, 0.15) is 6.10 Å². The molecule has 0 aromatic heterocycles. The molecule has 0 bridgehead atoms. The lowest BCUT2D eigenvalue weighted by Gasteiger charge is -2.15. The number of ether oxygens (including phenoxy) is 1. The number of benzene rings is 1. The van der Waals surface area contributed by atoms with E-state index in [1.54, 1.807) is 13.8 Å². The molecule has 0 fully saturated rings. The first-order chi connectivity index (χ1) is 7.84. The zero-order valence-electron chi connectivity index (χ0n) is 9.14. The Morgan fingerprint density at radius 1 is 1.18 bits per heavy atom. The smallest absolute Gasteiger partial charge is 0.340 e. The summed E-state index contributed by atoms with van der Waals surface area (Å²) in [5.74, 6) is -0.575. The summed E-state index contributed by atoms with van der Waals surface area (Å²) in [5.41, 5.74) is 0.172. The van der Waals surface area contributed by atoms with Gasteiger partial charge in [0.05, 0.1) is 26.0 Å². The largest absolute Gasteiger partial charge is 0.457 e. The van der Waals surface area contributed by atoms with E-state index in [0.29, 0.717) is 0 Å². The van der Waals surface area contributed by atoms with E-state index >= 15 is 0 Å². The van der Waals surface area contributed by atoms with Crippen molar-refractivity contribution >= 4 is 52.4 Å². The maximum atomic E-state index is 11.8. The van der Waals surface area contributed by atoms with Crippen molar-refractivity contribution in [3.05, 3.63) is 32.8 Å². The molecule has 1 aromatic rings. The van der Waals surface area contributed by atoms with Crippen LogP contribution >= 0.6 is 46.4 Å². The van der Waals surface area contributed by atoms with Crippen molar-refractivity contribution in [3.8, 4) is 0 Å². The van der Waals surface area contributed by atoms with E-state index in [0.717, 1.165) is 0 Å². The highest BCUT2D eigenvalue weighted by Crippen LogP contribution is 2.33. The second kappa shape index (κ2) is 6.14. The zero-order chi connectivity index (χ0) is 13.2. The van der Waals surface area contributed by atoms with Gasteiger partial charge in [-0.3, -0.25) is 0 Å². The molecule has 1 aromatic carbocycles. The van der Waals surface area contributed by atoms with Crippen LogP contribution in [-0.2, 0) is 4.74 Å². The molecule has 0 radical (unpaired) electrons. The minimum Gasteiger partial charge on any atom is -0.457 e. The number of hydrogen-bond acceptors (Lipinski definition) is 2. The molecule has 0 saturated heterocycles. The molecule has 0 aliphatic rings. The van der Waals surface area contributed by atoms with Gasteiger partial charge in [-0.25, -0.2) is 4.79 Å². The number of carbonyl (C=O) groups is 1. The average molecular weight is 316 g/mol. The molecule has 0 amide bonds. The Morgan fingerprint density at radius 2 is 1.76 bits per heavy atom. The van der Waals surface area contributed by atoms with E-state index in [9.17, 15) is 4.79 Å². The molecule has 2 unspecified atom stereocenters. The predicted molar refractivity (Wildman–Crippen MR) is 71.7 cm³/mol. The van der Waals surface area contributed by atoms with Crippen LogP contribution in [-0.4, -0.2) is 17.5 Å². The Balaban J connectivity index is 2.94. The van der Waals surface area contributed by atoms with Gasteiger partial charge < -0.3 is 4.74 Å². The van der Waals surface area contributed by atoms with Gasteiger partial charge in [-0.2, -0.15) is 0 Å². The van der Waals surface area contributed by atoms with Crippen molar-refractivity contribution in [3.63, 3.8) is 0 Å². The summed E-state index contributed by atoms with van der Waals surface area (Å²) in [4.78, 5) is 11.8. The molecule has 0 saturated carbocycles. The number of esters is 1. The van der Waals surface area contributed by atoms with E-state index in [1.165, 1.54) is 12.1 Å². The highest BCUT2D eigenvalue weighted by atomic mass is 35.5. The summed E-state index contributed by atoms with van der Waals surface area (Å²) in [7, 11) is 0. The van der Waals surface area contributed by atoms with Crippen molar-refractivity contribution < 1.29 is 9.53 Å². The second-order valence-electron chi connectivity index (χ2n) is 3.51. The van der Waals surface area contributed by atoms with Crippen LogP contribution < -0.4 is 0 Å². The molecule has 0 N–H and O–H groups in total. The van der Waals surface area contributed by atoms with Crippen molar-refractivity contribution in [1.29, 1.82) is 0 Å². The van der Waals surface area contributed by atoms with Crippen LogP contribution in [0.2, 0.25) is 15.1 Å². The van der Waals surface area contributed by atoms with Gasteiger partial charge in [0, 0.05) is 0 Å². The number of alkyl halides is 1. The molecule has 17 heavy (non-hydrogen) atoms. The van der Waals surface area contributed by atoms with E-state index in [1.807, 2.05) is 0 Å². The minimum atomic E-state index is -0.575. The fourth-order valence-corrected chi connectivity index (χ4v) is 1.67. The van der Waals surface area contributed by atoms with Crippen LogP contribution in [0.1, 0.15) is 24.2 Å². The summed E-state index contributed by atoms with van der Waals surface area (Å²) in [5, 5.41) is 0.209. The first kappa shape index (κ1) is 14.9. The molecule has 0 aliphatic carbocycles. The van der Waals surface area contributed by atoms with E-state index in [2.05, 4.69) is 0 Å². The van der Waals surface area contributed by atoms with E-state index < -0.39 is 12.1 Å². The number of halogens is 4. The summed E-state index contributed by atoms with van der Waals surface area (Å²) in [6.07, 6.45) is -0.422. The van der Waals surface area contributed by atoms with Crippen LogP contribution in [0.25, 0.3) is 0 Å². The zero-order valence-corrected chi connectivity index (χ0v) is 12.2. The number of rotatable bonds is 3. The second-order valence-corrected chi connectivity index (χ2v) is 5.36. The van der Waals surface area contributed by atoms with Crippen molar-refractivity contribution in [2.45, 2.75) is 25.3 Å². The third-order valence-electron chi connectivity index (χ3n) is 2.19. The Labute approximate surface area is 120 Å². The average Bonchev–Trinajstić information content (AvgIpc) is 2.25. The molecule has 0 spiro atoms. The lowest BCUT2D eigenvalue weighted by molar-refractivity contribution is 0.0341. The Kier molecular flexibility index (Phi) is 5.39. The molecule has 6 heteroatoms. The Bertz CT molecular complexity index is 432. The normalized spacial score (nSPS) is 14.2. The molecule has 1 rings (SSSR count). The van der Waals surface area contributed by atoms with Gasteiger partial charge in [0.15, 0.2) is 0 Å². The van der Waals surface area contributed by atoms with Crippen LogP contribution in [0.4, 0.5) is 0 Å². The molecule has 2 atom stereocenters. The maximum absolute atomic E-state index is 11.8. The highest BCUT2D eigenvalue weighted by molar-refractivity contribution is 6.49. The molecule has 2 nitrogen and oxygen atoms in total. The topological polar surface area (TPSA) is 26.3 Å². The minimum absolute atomic E-state index is 0.0820. The van der Waals surface area contributed by atoms with Gasteiger partial charge in [-0.15, -0.1) is 11.6 Å². The summed E-state index contributed by atoms with van der Waals surface area (Å²) in [6, 6.07) is 2.95. The fourth-order valence-electron chi connectivity index (χ4n) is 1.01. The summed E-state index contributed by atoms with van der Waals surface area (Å²) < 4.78 is 5.12. The molecular weight excluding hydrogens is 306 g/mol. The van der Waals surface area contributed by atoms with Gasteiger partial charge in [0.2, 0.25) is 0 Å². The predicted octanol–water partition coefficient (Wildman–Crippen LogP) is 4.82. The third-order valence-corrected chi connectivity index (χ3v) is 3.84. The van der Waals surface area contributed by atoms with Gasteiger partial charge in [-0.05, 0) is 26.0 Å². The summed E-state index contributed by atoms with van der Waals surface area (Å²) in [6.45, 7) is 3.43. The SMILES string of the molecule is CC(Cl)C(C)OC(=O)c1ccc(Cl)c(Cl)c1Cl. The molecule has 0 heterocycles. The Hall–Kier alpha value is -0.150. The third kappa shape index (κ3) is 3.65. The van der Waals surface area contributed by atoms with Gasteiger partial charge in [-0.1, -0.05) is 34.8 Å². The number of hydrogen-bond donors (Lipinski definition) is 0. The van der Waals surface area contributed by atoms with Crippen LogP contribution in [0.15, 0.2) is 12.1 Å². The quantitative estimate of drug-likeness (QED) is 0.454. The number of carbonyl (C=O) groups excluding carboxylic acids is 1. The van der Waals surface area contributed by atoms with Crippen LogP contribution in [0, 0.1) is 0 Å². The molecule has 94 valence electrons. The maximum Gasteiger partial charge on any atom is 0.340 e. The van der Waals surface area contributed by atoms with E-state index in [-0.39, 0.29) is 26.0 Å². The lowest BCUT2D eigenvalue weighted by Crippen LogP contribution is -2.22. The first-order valence-corrected chi connectivity index (χ1v) is 6.40. The highest BCUT2D eigenvalue weighted by Gasteiger charge is 2.20. The fraction of sp³-hybridized carbons (Fsp3) is 0.364. The van der Waals surface area contributed by atoms with Crippen molar-refractivity contribution in [2.24, 2.45) is 0 Å². The Morgan fingerprint density at radius 3 is 2.29 bits per heavy atom. The molecule has 0 aliphatic heterocycles. The standard InChI is InChI=1S/C11H10Cl4O2/c1-5(12)6(2)17-11(16)7-3-4-8(13)10(15)9(7)14/h3-6H,1-2H3.